The van der Waals surface area contributed by atoms with Gasteiger partial charge in [0, 0.05) is 17.0 Å². The minimum absolute atomic E-state index is 0.129. The molecule has 1 atom stereocenters. The van der Waals surface area contributed by atoms with Crippen LogP contribution in [-0.4, -0.2) is 16.1 Å². The maximum atomic E-state index is 13.7. The third-order valence-corrected chi connectivity index (χ3v) is 5.41. The molecule has 0 spiro atoms. The Morgan fingerprint density at radius 2 is 1.75 bits per heavy atom. The minimum atomic E-state index is -0.587. The topological polar surface area (TPSA) is 77.2 Å². The molecule has 0 aliphatic heterocycles. The second kappa shape index (κ2) is 10.1. The summed E-state index contributed by atoms with van der Waals surface area (Å²) in [5.74, 6) is 0.368. The maximum absolute atomic E-state index is 13.7. The van der Waals surface area contributed by atoms with E-state index in [0.29, 0.717) is 16.5 Å². The van der Waals surface area contributed by atoms with E-state index < -0.39 is 11.9 Å². The normalized spacial score (nSPS) is 11.7. The first-order chi connectivity index (χ1) is 15.6. The first-order valence-electron chi connectivity index (χ1n) is 9.91. The number of aromatic nitrogens is 2. The molecule has 32 heavy (non-hydrogen) atoms. The van der Waals surface area contributed by atoms with Crippen LogP contribution in [-0.2, 0) is 5.75 Å². The Kier molecular flexibility index (Phi) is 6.81. The number of rotatable bonds is 8. The van der Waals surface area contributed by atoms with Crippen LogP contribution in [0, 0.1) is 5.82 Å². The third-order valence-electron chi connectivity index (χ3n) is 4.52. The number of carbonyl (C=O) groups is 1. The second-order valence-corrected chi connectivity index (χ2v) is 7.83. The van der Waals surface area contributed by atoms with Crippen LogP contribution in [0.3, 0.4) is 0 Å². The zero-order valence-electron chi connectivity index (χ0n) is 17.2. The fourth-order valence-corrected chi connectivity index (χ4v) is 3.57. The smallest absolute Gasteiger partial charge is 0.277 e. The number of ether oxygens (including phenoxy) is 1. The molecule has 0 saturated heterocycles. The van der Waals surface area contributed by atoms with Crippen molar-refractivity contribution < 1.29 is 18.3 Å². The van der Waals surface area contributed by atoms with Gasteiger partial charge in [0.15, 0.2) is 17.7 Å². The molecule has 0 radical (unpaired) electrons. The van der Waals surface area contributed by atoms with Crippen LogP contribution in [0.25, 0.3) is 0 Å². The fraction of sp³-hybridized carbons (Fsp3) is 0.125. The molecule has 1 N–H and O–H groups in total. The summed E-state index contributed by atoms with van der Waals surface area (Å²) in [5, 5.41) is 11.3. The lowest BCUT2D eigenvalue weighted by Gasteiger charge is -2.11. The standard InChI is InChI=1S/C24H20FN3O3S/c1-16(30-21-10-6-5-9-20(21)25)23-27-28-24(31-23)32-15-17-11-13-18(14-12-17)22(29)26-19-7-3-2-4-8-19/h2-14,16H,15H2,1H3,(H,26,29). The molecule has 1 amide bonds. The van der Waals surface area contributed by atoms with Crippen LogP contribution >= 0.6 is 11.8 Å². The first-order valence-corrected chi connectivity index (χ1v) is 10.9. The van der Waals surface area contributed by atoms with Crippen LogP contribution in [0.4, 0.5) is 10.1 Å². The second-order valence-electron chi connectivity index (χ2n) is 6.90. The molecule has 1 heterocycles. The van der Waals surface area contributed by atoms with Gasteiger partial charge in [-0.25, -0.2) is 4.39 Å². The van der Waals surface area contributed by atoms with Crippen molar-refractivity contribution in [2.24, 2.45) is 0 Å². The number of para-hydroxylation sites is 2. The number of thioether (sulfide) groups is 1. The Bertz CT molecular complexity index is 1180. The van der Waals surface area contributed by atoms with Crippen LogP contribution in [0.15, 0.2) is 88.5 Å². The highest BCUT2D eigenvalue weighted by Gasteiger charge is 2.17. The van der Waals surface area contributed by atoms with Gasteiger partial charge in [0.2, 0.25) is 0 Å². The number of amides is 1. The zero-order chi connectivity index (χ0) is 22.3. The van der Waals surface area contributed by atoms with Gasteiger partial charge >= 0.3 is 0 Å². The van der Waals surface area contributed by atoms with Crippen molar-refractivity contribution in [3.05, 3.63) is 102 Å². The summed E-state index contributed by atoms with van der Waals surface area (Å²) < 4.78 is 24.9. The Labute approximate surface area is 188 Å². The van der Waals surface area contributed by atoms with E-state index in [-0.39, 0.29) is 17.5 Å². The van der Waals surface area contributed by atoms with E-state index in [1.54, 1.807) is 37.3 Å². The molecule has 1 aromatic heterocycles. The highest BCUT2D eigenvalue weighted by Crippen LogP contribution is 2.27. The monoisotopic (exact) mass is 449 g/mol. The largest absolute Gasteiger partial charge is 0.478 e. The Hall–Kier alpha value is -3.65. The van der Waals surface area contributed by atoms with Gasteiger partial charge in [0.1, 0.15) is 0 Å². The van der Waals surface area contributed by atoms with Gasteiger partial charge in [-0.2, -0.15) is 0 Å². The van der Waals surface area contributed by atoms with Gasteiger partial charge in [-0.05, 0) is 48.9 Å². The van der Waals surface area contributed by atoms with Gasteiger partial charge in [0.25, 0.3) is 17.0 Å². The molecule has 0 aliphatic carbocycles. The van der Waals surface area contributed by atoms with Crippen molar-refractivity contribution in [1.29, 1.82) is 0 Å². The molecule has 0 bridgehead atoms. The molecule has 3 aromatic carbocycles. The van der Waals surface area contributed by atoms with E-state index in [0.717, 1.165) is 11.3 Å². The summed E-state index contributed by atoms with van der Waals surface area (Å²) in [6, 6.07) is 22.8. The van der Waals surface area contributed by atoms with Crippen molar-refractivity contribution in [3.63, 3.8) is 0 Å². The SMILES string of the molecule is CC(Oc1ccccc1F)c1nnc(SCc2ccc(C(=O)Nc3ccccc3)cc2)o1. The number of hydrogen-bond acceptors (Lipinski definition) is 6. The molecular weight excluding hydrogens is 429 g/mol. The average molecular weight is 450 g/mol. The van der Waals surface area contributed by atoms with Crippen molar-refractivity contribution in [3.8, 4) is 5.75 Å². The minimum Gasteiger partial charge on any atom is -0.478 e. The van der Waals surface area contributed by atoms with Gasteiger partial charge < -0.3 is 14.5 Å². The van der Waals surface area contributed by atoms with Crippen molar-refractivity contribution >= 4 is 23.4 Å². The zero-order valence-corrected chi connectivity index (χ0v) is 18.0. The maximum Gasteiger partial charge on any atom is 0.277 e. The van der Waals surface area contributed by atoms with Crippen LogP contribution in [0.2, 0.25) is 0 Å². The molecule has 0 saturated carbocycles. The predicted octanol–water partition coefficient (Wildman–Crippen LogP) is 5.89. The lowest BCUT2D eigenvalue weighted by molar-refractivity contribution is 0.102. The summed E-state index contributed by atoms with van der Waals surface area (Å²) in [4.78, 5) is 12.3. The molecule has 162 valence electrons. The lowest BCUT2D eigenvalue weighted by Crippen LogP contribution is -2.11. The number of nitrogens with one attached hydrogen (secondary N) is 1. The molecular formula is C24H20FN3O3S. The molecule has 0 fully saturated rings. The van der Waals surface area contributed by atoms with Gasteiger partial charge in [0.05, 0.1) is 0 Å². The Morgan fingerprint density at radius 1 is 1.03 bits per heavy atom. The fourth-order valence-electron chi connectivity index (χ4n) is 2.85. The summed E-state index contributed by atoms with van der Waals surface area (Å²) in [6.07, 6.45) is -0.587. The van der Waals surface area contributed by atoms with Gasteiger partial charge in [-0.1, -0.05) is 54.2 Å². The quantitative estimate of drug-likeness (QED) is 0.338. The number of carbonyl (C=O) groups excluding carboxylic acids is 1. The number of benzene rings is 3. The van der Waals surface area contributed by atoms with Crippen LogP contribution in [0.5, 0.6) is 5.75 Å². The Balaban J connectivity index is 1.31. The van der Waals surface area contributed by atoms with Crippen LogP contribution in [0.1, 0.15) is 34.8 Å². The van der Waals surface area contributed by atoms with E-state index in [2.05, 4.69) is 15.5 Å². The summed E-state index contributed by atoms with van der Waals surface area (Å²) >= 11 is 1.37. The molecule has 4 aromatic rings. The average Bonchev–Trinajstić information content (AvgIpc) is 3.29. The predicted molar refractivity (Wildman–Crippen MR) is 120 cm³/mol. The van der Waals surface area contributed by atoms with E-state index in [1.807, 2.05) is 42.5 Å². The lowest BCUT2D eigenvalue weighted by atomic mass is 10.1. The molecule has 1 unspecified atom stereocenters. The van der Waals surface area contributed by atoms with E-state index in [4.69, 9.17) is 9.15 Å². The highest BCUT2D eigenvalue weighted by atomic mass is 32.2. The number of nitrogens with zero attached hydrogens (tertiary/aromatic N) is 2. The van der Waals surface area contributed by atoms with E-state index >= 15 is 0 Å². The molecule has 4 rings (SSSR count). The first kappa shape index (κ1) is 21.6. The Morgan fingerprint density at radius 3 is 2.50 bits per heavy atom. The van der Waals surface area contributed by atoms with Gasteiger partial charge in [-0.3, -0.25) is 4.79 Å². The molecule has 6 nitrogen and oxygen atoms in total. The van der Waals surface area contributed by atoms with E-state index in [1.165, 1.54) is 17.8 Å². The number of halogens is 1. The van der Waals surface area contributed by atoms with Crippen molar-refractivity contribution in [2.45, 2.75) is 24.0 Å². The van der Waals surface area contributed by atoms with Crippen molar-refractivity contribution in [2.75, 3.05) is 5.32 Å². The molecule has 8 heteroatoms. The third kappa shape index (κ3) is 5.53. The van der Waals surface area contributed by atoms with Gasteiger partial charge in [-0.15, -0.1) is 10.2 Å². The van der Waals surface area contributed by atoms with Crippen LogP contribution < -0.4 is 10.1 Å². The summed E-state index contributed by atoms with van der Waals surface area (Å²) in [5.41, 5.74) is 2.32. The summed E-state index contributed by atoms with van der Waals surface area (Å²) in [6.45, 7) is 1.72. The highest BCUT2D eigenvalue weighted by molar-refractivity contribution is 7.98. The summed E-state index contributed by atoms with van der Waals surface area (Å²) in [7, 11) is 0. The van der Waals surface area contributed by atoms with Crippen molar-refractivity contribution in [1.82, 2.24) is 10.2 Å². The van der Waals surface area contributed by atoms with E-state index in [9.17, 15) is 9.18 Å². The number of anilines is 1. The molecule has 0 aliphatic rings. The number of hydrogen-bond donors (Lipinski definition) is 1.